The van der Waals surface area contributed by atoms with E-state index in [1.54, 1.807) is 24.3 Å². The molecule has 2 aromatic rings. The highest BCUT2D eigenvalue weighted by molar-refractivity contribution is 7.92. The SMILES string of the molecule is Cc1ccccc1N(CCCC(=O)Nc1ccc(S(=O)(=O)N2CCCCCC2)cc1)S(C)(=O)=O. The number of benzene rings is 2. The van der Waals surface area contributed by atoms with Crippen molar-refractivity contribution in [2.24, 2.45) is 0 Å². The molecule has 0 unspecified atom stereocenters. The van der Waals surface area contributed by atoms with Gasteiger partial charge in [-0.15, -0.1) is 0 Å². The second-order valence-corrected chi connectivity index (χ2v) is 12.5. The third-order valence-corrected chi connectivity index (χ3v) is 8.98. The largest absolute Gasteiger partial charge is 0.326 e. The molecule has 0 bridgehead atoms. The molecule has 1 fully saturated rings. The topological polar surface area (TPSA) is 104 Å². The summed E-state index contributed by atoms with van der Waals surface area (Å²) >= 11 is 0. The maximum absolute atomic E-state index is 12.9. The summed E-state index contributed by atoms with van der Waals surface area (Å²) in [4.78, 5) is 12.6. The predicted molar refractivity (Wildman–Crippen MR) is 135 cm³/mol. The minimum atomic E-state index is -3.54. The monoisotopic (exact) mass is 507 g/mol. The lowest BCUT2D eigenvalue weighted by Crippen LogP contribution is -2.32. The van der Waals surface area contributed by atoms with Gasteiger partial charge in [0, 0.05) is 31.7 Å². The zero-order chi connectivity index (χ0) is 24.8. The molecule has 0 aliphatic carbocycles. The molecule has 1 aliphatic rings. The van der Waals surface area contributed by atoms with Crippen LogP contribution in [0, 0.1) is 6.92 Å². The summed E-state index contributed by atoms with van der Waals surface area (Å²) < 4.78 is 53.2. The number of nitrogens with zero attached hydrogens (tertiary/aromatic N) is 2. The number of amides is 1. The second-order valence-electron chi connectivity index (χ2n) is 8.62. The number of sulfonamides is 2. The van der Waals surface area contributed by atoms with Crippen LogP contribution >= 0.6 is 0 Å². The van der Waals surface area contributed by atoms with Crippen LogP contribution in [0.2, 0.25) is 0 Å². The lowest BCUT2D eigenvalue weighted by Gasteiger charge is -2.24. The number of nitrogens with one attached hydrogen (secondary N) is 1. The van der Waals surface area contributed by atoms with Crippen LogP contribution in [0.4, 0.5) is 11.4 Å². The number of hydrogen-bond donors (Lipinski definition) is 1. The first-order valence-electron chi connectivity index (χ1n) is 11.5. The van der Waals surface area contributed by atoms with Gasteiger partial charge in [0.05, 0.1) is 16.8 Å². The van der Waals surface area contributed by atoms with Gasteiger partial charge in [-0.25, -0.2) is 16.8 Å². The van der Waals surface area contributed by atoms with Gasteiger partial charge in [-0.1, -0.05) is 31.0 Å². The van der Waals surface area contributed by atoms with Crippen LogP contribution in [0.5, 0.6) is 0 Å². The van der Waals surface area contributed by atoms with Crippen LogP contribution in [-0.2, 0) is 24.8 Å². The first-order valence-corrected chi connectivity index (χ1v) is 14.8. The maximum atomic E-state index is 12.9. The minimum absolute atomic E-state index is 0.131. The number of carbonyl (C=O) groups is 1. The molecule has 1 aliphatic heterocycles. The van der Waals surface area contributed by atoms with Crippen molar-refractivity contribution < 1.29 is 21.6 Å². The minimum Gasteiger partial charge on any atom is -0.326 e. The average molecular weight is 508 g/mol. The van der Waals surface area contributed by atoms with Crippen LogP contribution in [0.3, 0.4) is 0 Å². The van der Waals surface area contributed by atoms with E-state index >= 15 is 0 Å². The molecule has 10 heteroatoms. The summed E-state index contributed by atoms with van der Waals surface area (Å²) in [5, 5.41) is 2.76. The van der Waals surface area contributed by atoms with E-state index in [1.807, 2.05) is 19.1 Å². The first-order chi connectivity index (χ1) is 16.1. The first kappa shape index (κ1) is 26.2. The third-order valence-electron chi connectivity index (χ3n) is 5.89. The highest BCUT2D eigenvalue weighted by Gasteiger charge is 2.25. The lowest BCUT2D eigenvalue weighted by atomic mass is 10.2. The van der Waals surface area contributed by atoms with Crippen LogP contribution < -0.4 is 9.62 Å². The molecule has 186 valence electrons. The molecule has 0 saturated carbocycles. The van der Waals surface area contributed by atoms with Gasteiger partial charge < -0.3 is 5.32 Å². The van der Waals surface area contributed by atoms with E-state index in [9.17, 15) is 21.6 Å². The van der Waals surface area contributed by atoms with Crippen LogP contribution in [-0.4, -0.2) is 52.9 Å². The van der Waals surface area contributed by atoms with Gasteiger partial charge in [0.15, 0.2) is 0 Å². The molecular formula is C24H33N3O5S2. The molecule has 1 amide bonds. The van der Waals surface area contributed by atoms with Gasteiger partial charge in [-0.3, -0.25) is 9.10 Å². The summed E-state index contributed by atoms with van der Waals surface area (Å²) in [6.45, 7) is 3.10. The van der Waals surface area contributed by atoms with Crippen molar-refractivity contribution >= 4 is 37.3 Å². The van der Waals surface area contributed by atoms with E-state index in [2.05, 4.69) is 5.32 Å². The summed E-state index contributed by atoms with van der Waals surface area (Å²) in [6, 6.07) is 13.4. The molecule has 0 spiro atoms. The molecule has 1 saturated heterocycles. The Morgan fingerprint density at radius 1 is 0.941 bits per heavy atom. The summed E-state index contributed by atoms with van der Waals surface area (Å²) in [6.07, 6.45) is 5.46. The highest BCUT2D eigenvalue weighted by atomic mass is 32.2. The molecule has 1 N–H and O–H groups in total. The Hall–Kier alpha value is -2.43. The van der Waals surface area contributed by atoms with Gasteiger partial charge in [0.1, 0.15) is 0 Å². The number of anilines is 2. The van der Waals surface area contributed by atoms with Gasteiger partial charge >= 0.3 is 0 Å². The van der Waals surface area contributed by atoms with E-state index in [-0.39, 0.29) is 23.8 Å². The summed E-state index contributed by atoms with van der Waals surface area (Å²) in [7, 11) is -7.03. The Labute approximate surface area is 203 Å². The molecule has 8 nitrogen and oxygen atoms in total. The number of hydrogen-bond acceptors (Lipinski definition) is 5. The molecule has 1 heterocycles. The molecule has 0 radical (unpaired) electrons. The van der Waals surface area contributed by atoms with Crippen molar-refractivity contribution in [3.05, 3.63) is 54.1 Å². The van der Waals surface area contributed by atoms with Crippen LogP contribution in [0.15, 0.2) is 53.4 Å². The quantitative estimate of drug-likeness (QED) is 0.557. The second kappa shape index (κ2) is 11.3. The van der Waals surface area contributed by atoms with E-state index in [1.165, 1.54) is 20.7 Å². The molecular weight excluding hydrogens is 474 g/mol. The number of carbonyl (C=O) groups excluding carboxylic acids is 1. The third kappa shape index (κ3) is 6.80. The van der Waals surface area contributed by atoms with E-state index in [0.717, 1.165) is 37.5 Å². The average Bonchev–Trinajstić information content (AvgIpc) is 3.07. The number of para-hydroxylation sites is 1. The molecule has 34 heavy (non-hydrogen) atoms. The Morgan fingerprint density at radius 3 is 2.15 bits per heavy atom. The van der Waals surface area contributed by atoms with Gasteiger partial charge in [-0.2, -0.15) is 4.31 Å². The predicted octanol–water partition coefficient (Wildman–Crippen LogP) is 3.74. The fourth-order valence-electron chi connectivity index (χ4n) is 4.06. The highest BCUT2D eigenvalue weighted by Crippen LogP contribution is 2.24. The Kier molecular flexibility index (Phi) is 8.72. The van der Waals surface area contributed by atoms with Crippen molar-refractivity contribution in [2.75, 3.05) is 35.5 Å². The van der Waals surface area contributed by atoms with Gasteiger partial charge in [0.25, 0.3) is 0 Å². The van der Waals surface area contributed by atoms with Crippen molar-refractivity contribution in [3.63, 3.8) is 0 Å². The molecule has 3 rings (SSSR count). The standard InChI is InChI=1S/C24H33N3O5S2/c1-20-10-5-6-11-23(20)27(33(2,29)30)19-9-12-24(28)25-21-13-15-22(16-14-21)34(31,32)26-17-7-3-4-8-18-26/h5-6,10-11,13-16H,3-4,7-9,12,17-19H2,1-2H3,(H,25,28). The Morgan fingerprint density at radius 2 is 1.56 bits per heavy atom. The fourth-order valence-corrected chi connectivity index (χ4v) is 6.60. The summed E-state index contributed by atoms with van der Waals surface area (Å²) in [5.41, 5.74) is 1.94. The van der Waals surface area contributed by atoms with Crippen molar-refractivity contribution in [2.45, 2.75) is 50.3 Å². The van der Waals surface area contributed by atoms with Crippen molar-refractivity contribution in [1.29, 1.82) is 0 Å². The maximum Gasteiger partial charge on any atom is 0.243 e. The number of rotatable bonds is 9. The van der Waals surface area contributed by atoms with Crippen molar-refractivity contribution in [1.82, 2.24) is 4.31 Å². The zero-order valence-corrected chi connectivity index (χ0v) is 21.4. The lowest BCUT2D eigenvalue weighted by molar-refractivity contribution is -0.116. The van der Waals surface area contributed by atoms with Crippen LogP contribution in [0.25, 0.3) is 0 Å². The Balaban J connectivity index is 1.57. The van der Waals surface area contributed by atoms with E-state index in [0.29, 0.717) is 30.9 Å². The van der Waals surface area contributed by atoms with E-state index in [4.69, 9.17) is 0 Å². The van der Waals surface area contributed by atoms with Gasteiger partial charge in [0.2, 0.25) is 26.0 Å². The van der Waals surface area contributed by atoms with Crippen LogP contribution in [0.1, 0.15) is 44.1 Å². The molecule has 2 aromatic carbocycles. The smallest absolute Gasteiger partial charge is 0.243 e. The fraction of sp³-hybridized carbons (Fsp3) is 0.458. The normalized spacial score (nSPS) is 15.5. The number of aryl methyl sites for hydroxylation is 1. The summed E-state index contributed by atoms with van der Waals surface area (Å²) in [5.74, 6) is -0.263. The molecule has 0 aromatic heterocycles. The van der Waals surface area contributed by atoms with Crippen molar-refractivity contribution in [3.8, 4) is 0 Å². The molecule has 0 atom stereocenters. The van der Waals surface area contributed by atoms with E-state index < -0.39 is 20.0 Å². The Bertz CT molecular complexity index is 1190. The zero-order valence-electron chi connectivity index (χ0n) is 19.7. The van der Waals surface area contributed by atoms with Gasteiger partial charge in [-0.05, 0) is 62.1 Å².